The molecule has 1 saturated heterocycles. The van der Waals surface area contributed by atoms with Gasteiger partial charge in [-0.1, -0.05) is 0 Å². The molecule has 110 valence electrons. The molecule has 1 aromatic rings. The van der Waals surface area contributed by atoms with Crippen molar-refractivity contribution in [3.05, 3.63) is 24.3 Å². The van der Waals surface area contributed by atoms with Gasteiger partial charge in [0, 0.05) is 37.6 Å². The summed E-state index contributed by atoms with van der Waals surface area (Å²) in [5.74, 6) is 0. The van der Waals surface area contributed by atoms with Crippen LogP contribution in [0.2, 0.25) is 0 Å². The van der Waals surface area contributed by atoms with Gasteiger partial charge in [-0.15, -0.1) is 0 Å². The molecular weight excluding hydrogens is 252 g/mol. The number of nitrogens with zero attached hydrogens (tertiary/aromatic N) is 2. The Morgan fingerprint density at radius 2 is 1.85 bits per heavy atom. The quantitative estimate of drug-likeness (QED) is 0.864. The van der Waals surface area contributed by atoms with E-state index in [1.165, 1.54) is 18.5 Å². The molecule has 5 nitrogen and oxygen atoms in total. The lowest BCUT2D eigenvalue weighted by Gasteiger charge is -2.18. The molecule has 2 amide bonds. The highest BCUT2D eigenvalue weighted by Crippen LogP contribution is 2.21. The number of urea groups is 1. The summed E-state index contributed by atoms with van der Waals surface area (Å²) in [5, 5.41) is 5.68. The molecule has 0 atom stereocenters. The molecule has 0 spiro atoms. The zero-order chi connectivity index (χ0) is 14.4. The van der Waals surface area contributed by atoms with Crippen LogP contribution in [0.3, 0.4) is 0 Å². The summed E-state index contributed by atoms with van der Waals surface area (Å²) in [6, 6.07) is 7.90. The second kappa shape index (κ2) is 7.14. The van der Waals surface area contributed by atoms with Gasteiger partial charge in [-0.05, 0) is 51.2 Å². The van der Waals surface area contributed by atoms with Crippen LogP contribution in [0.4, 0.5) is 16.2 Å². The number of anilines is 2. The number of rotatable bonds is 5. The first-order valence-corrected chi connectivity index (χ1v) is 7.20. The smallest absolute Gasteiger partial charge is 0.319 e. The van der Waals surface area contributed by atoms with Gasteiger partial charge in [-0.3, -0.25) is 0 Å². The predicted octanol–water partition coefficient (Wildman–Crippen LogP) is 1.97. The van der Waals surface area contributed by atoms with E-state index in [0.29, 0.717) is 6.54 Å². The Labute approximate surface area is 120 Å². The minimum absolute atomic E-state index is 0.152. The van der Waals surface area contributed by atoms with E-state index in [-0.39, 0.29) is 6.03 Å². The van der Waals surface area contributed by atoms with Gasteiger partial charge in [-0.2, -0.15) is 0 Å². The highest BCUT2D eigenvalue weighted by Gasteiger charge is 2.11. The van der Waals surface area contributed by atoms with Gasteiger partial charge in [0.1, 0.15) is 0 Å². The Balaban J connectivity index is 1.79. The summed E-state index contributed by atoms with van der Waals surface area (Å²) >= 11 is 0. The van der Waals surface area contributed by atoms with Gasteiger partial charge < -0.3 is 20.4 Å². The third-order valence-corrected chi connectivity index (χ3v) is 3.44. The number of likely N-dealkylation sites (N-methyl/N-ethyl adjacent to an activating group) is 1. The summed E-state index contributed by atoms with van der Waals surface area (Å²) in [7, 11) is 3.97. The molecule has 2 rings (SSSR count). The number of carbonyl (C=O) groups excluding carboxylic acids is 1. The van der Waals surface area contributed by atoms with Gasteiger partial charge >= 0.3 is 6.03 Å². The van der Waals surface area contributed by atoms with Crippen LogP contribution >= 0.6 is 0 Å². The highest BCUT2D eigenvalue weighted by molar-refractivity contribution is 5.89. The molecule has 1 aliphatic rings. The second-order valence-corrected chi connectivity index (χ2v) is 5.43. The fourth-order valence-corrected chi connectivity index (χ4v) is 2.30. The maximum Gasteiger partial charge on any atom is 0.319 e. The molecule has 0 saturated carbocycles. The maximum atomic E-state index is 11.7. The van der Waals surface area contributed by atoms with E-state index < -0.39 is 0 Å². The Hall–Kier alpha value is -1.75. The summed E-state index contributed by atoms with van der Waals surface area (Å²) in [4.78, 5) is 16.1. The number of amides is 2. The third kappa shape index (κ3) is 4.42. The molecular formula is C15H24N4O. The summed E-state index contributed by atoms with van der Waals surface area (Å²) in [6.07, 6.45) is 2.54. The van der Waals surface area contributed by atoms with Crippen molar-refractivity contribution in [1.82, 2.24) is 10.2 Å². The van der Waals surface area contributed by atoms with Crippen LogP contribution in [0, 0.1) is 0 Å². The Morgan fingerprint density at radius 3 is 2.45 bits per heavy atom. The van der Waals surface area contributed by atoms with Crippen LogP contribution in [0.25, 0.3) is 0 Å². The van der Waals surface area contributed by atoms with Crippen LogP contribution in [0.15, 0.2) is 24.3 Å². The summed E-state index contributed by atoms with van der Waals surface area (Å²) < 4.78 is 0. The summed E-state index contributed by atoms with van der Waals surface area (Å²) in [5.41, 5.74) is 2.07. The van der Waals surface area contributed by atoms with E-state index in [9.17, 15) is 4.79 Å². The van der Waals surface area contributed by atoms with Crippen molar-refractivity contribution >= 4 is 17.4 Å². The lowest BCUT2D eigenvalue weighted by Crippen LogP contribution is -2.34. The topological polar surface area (TPSA) is 47.6 Å². The SMILES string of the molecule is CN(C)CCNC(=O)Nc1ccc(N2CCCC2)cc1. The molecule has 20 heavy (non-hydrogen) atoms. The molecule has 1 fully saturated rings. The molecule has 5 heteroatoms. The largest absolute Gasteiger partial charge is 0.372 e. The van der Waals surface area contributed by atoms with Gasteiger partial charge in [0.25, 0.3) is 0 Å². The molecule has 1 aromatic carbocycles. The van der Waals surface area contributed by atoms with Crippen molar-refractivity contribution < 1.29 is 4.79 Å². The molecule has 2 N–H and O–H groups in total. The van der Waals surface area contributed by atoms with Crippen molar-refractivity contribution in [2.24, 2.45) is 0 Å². The van der Waals surface area contributed by atoms with Crippen LogP contribution in [-0.4, -0.2) is 51.2 Å². The molecule has 0 radical (unpaired) electrons. The molecule has 1 heterocycles. The first kappa shape index (κ1) is 14.7. The molecule has 0 unspecified atom stereocenters. The molecule has 0 aliphatic carbocycles. The first-order chi connectivity index (χ1) is 9.65. The van der Waals surface area contributed by atoms with Gasteiger partial charge in [0.15, 0.2) is 0 Å². The van der Waals surface area contributed by atoms with Gasteiger partial charge in [0.05, 0.1) is 0 Å². The lowest BCUT2D eigenvalue weighted by atomic mass is 10.2. The molecule has 0 aromatic heterocycles. The minimum Gasteiger partial charge on any atom is -0.372 e. The van der Waals surface area contributed by atoms with Crippen LogP contribution in [-0.2, 0) is 0 Å². The molecule has 1 aliphatic heterocycles. The zero-order valence-electron chi connectivity index (χ0n) is 12.4. The number of hydrogen-bond acceptors (Lipinski definition) is 3. The standard InChI is InChI=1S/C15H24N4O/c1-18(2)12-9-16-15(20)17-13-5-7-14(8-6-13)19-10-3-4-11-19/h5-8H,3-4,9-12H2,1-2H3,(H2,16,17,20). The Morgan fingerprint density at radius 1 is 1.20 bits per heavy atom. The van der Waals surface area contributed by atoms with E-state index in [1.54, 1.807) is 0 Å². The molecule has 0 bridgehead atoms. The van der Waals surface area contributed by atoms with E-state index in [2.05, 4.69) is 27.7 Å². The van der Waals surface area contributed by atoms with Crippen LogP contribution in [0.1, 0.15) is 12.8 Å². The van der Waals surface area contributed by atoms with Gasteiger partial charge in [-0.25, -0.2) is 4.79 Å². The van der Waals surface area contributed by atoms with Crippen molar-refractivity contribution in [2.45, 2.75) is 12.8 Å². The van der Waals surface area contributed by atoms with Crippen molar-refractivity contribution in [1.29, 1.82) is 0 Å². The second-order valence-electron chi connectivity index (χ2n) is 5.43. The average Bonchev–Trinajstić information content (AvgIpc) is 2.93. The first-order valence-electron chi connectivity index (χ1n) is 7.20. The average molecular weight is 276 g/mol. The van der Waals surface area contributed by atoms with E-state index in [4.69, 9.17) is 0 Å². The fourth-order valence-electron chi connectivity index (χ4n) is 2.30. The van der Waals surface area contributed by atoms with E-state index in [1.807, 2.05) is 31.1 Å². The van der Waals surface area contributed by atoms with Crippen LogP contribution < -0.4 is 15.5 Å². The van der Waals surface area contributed by atoms with Crippen molar-refractivity contribution in [3.8, 4) is 0 Å². The van der Waals surface area contributed by atoms with Crippen molar-refractivity contribution in [2.75, 3.05) is 50.5 Å². The van der Waals surface area contributed by atoms with E-state index >= 15 is 0 Å². The van der Waals surface area contributed by atoms with Crippen molar-refractivity contribution in [3.63, 3.8) is 0 Å². The summed E-state index contributed by atoms with van der Waals surface area (Å²) in [6.45, 7) is 3.75. The van der Waals surface area contributed by atoms with Crippen LogP contribution in [0.5, 0.6) is 0 Å². The number of nitrogens with one attached hydrogen (secondary N) is 2. The van der Waals surface area contributed by atoms with Gasteiger partial charge in [0.2, 0.25) is 0 Å². The fraction of sp³-hybridized carbons (Fsp3) is 0.533. The van der Waals surface area contributed by atoms with E-state index in [0.717, 1.165) is 25.3 Å². The monoisotopic (exact) mass is 276 g/mol. The Bertz CT molecular complexity index is 424. The maximum absolute atomic E-state index is 11.7. The highest BCUT2D eigenvalue weighted by atomic mass is 16.2. The minimum atomic E-state index is -0.152. The third-order valence-electron chi connectivity index (χ3n) is 3.44. The zero-order valence-corrected chi connectivity index (χ0v) is 12.4. The Kier molecular flexibility index (Phi) is 5.24. The number of carbonyl (C=O) groups is 1. The number of benzene rings is 1. The normalized spacial score (nSPS) is 14.7. The predicted molar refractivity (Wildman–Crippen MR) is 83.5 cm³/mol. The number of hydrogen-bond donors (Lipinski definition) is 2. The lowest BCUT2D eigenvalue weighted by molar-refractivity contribution is 0.250.